The van der Waals surface area contributed by atoms with Crippen LogP contribution in [0, 0.1) is 17.3 Å². The first-order valence-electron chi connectivity index (χ1n) is 9.73. The fourth-order valence-electron chi connectivity index (χ4n) is 4.02. The van der Waals surface area contributed by atoms with Crippen LogP contribution < -0.4 is 5.32 Å². The summed E-state index contributed by atoms with van der Waals surface area (Å²) >= 11 is 0. The van der Waals surface area contributed by atoms with Crippen molar-refractivity contribution in [3.63, 3.8) is 0 Å². The topological polar surface area (TPSA) is 29.1 Å². The van der Waals surface area contributed by atoms with Gasteiger partial charge in [0.1, 0.15) is 6.29 Å². The molecule has 1 aliphatic rings. The standard InChI is InChI=1S/C23H33NO/c1-20(2)23(15-7-6-13-22(23)14-19-25)16-9-18-24-17-8-12-21-10-4-3-5-11-21/h3-7,10-11,13,15,19-20,22,24H,8-9,12,14,16-18H2,1-2H3/t22-,23?/m1/s1. The normalized spacial score (nSPS) is 22.4. The Kier molecular flexibility index (Phi) is 8.14. The highest BCUT2D eigenvalue weighted by Gasteiger charge is 2.38. The molecule has 1 unspecified atom stereocenters. The van der Waals surface area contributed by atoms with Gasteiger partial charge in [-0.1, -0.05) is 68.5 Å². The lowest BCUT2D eigenvalue weighted by molar-refractivity contribution is -0.109. The molecule has 1 N–H and O–H groups in total. The SMILES string of the molecule is CC(C)C1(CCCNCCCc2ccccc2)C=CC=C[C@@H]1CC=O. The molecule has 0 amide bonds. The van der Waals surface area contributed by atoms with Crippen molar-refractivity contribution in [3.8, 4) is 0 Å². The van der Waals surface area contributed by atoms with E-state index in [0.717, 1.165) is 38.6 Å². The minimum Gasteiger partial charge on any atom is -0.317 e. The van der Waals surface area contributed by atoms with Gasteiger partial charge in [-0.2, -0.15) is 0 Å². The van der Waals surface area contributed by atoms with Crippen LogP contribution in [0.2, 0.25) is 0 Å². The summed E-state index contributed by atoms with van der Waals surface area (Å²) in [5.41, 5.74) is 1.54. The molecule has 0 saturated heterocycles. The summed E-state index contributed by atoms with van der Waals surface area (Å²) < 4.78 is 0. The molecule has 1 aliphatic carbocycles. The monoisotopic (exact) mass is 339 g/mol. The number of aryl methyl sites for hydroxylation is 1. The Hall–Kier alpha value is -1.67. The van der Waals surface area contributed by atoms with E-state index in [-0.39, 0.29) is 5.41 Å². The Morgan fingerprint density at radius 3 is 2.60 bits per heavy atom. The van der Waals surface area contributed by atoms with E-state index >= 15 is 0 Å². The van der Waals surface area contributed by atoms with Gasteiger partial charge in [-0.05, 0) is 61.6 Å². The summed E-state index contributed by atoms with van der Waals surface area (Å²) in [5, 5.41) is 3.59. The van der Waals surface area contributed by atoms with Crippen molar-refractivity contribution in [2.24, 2.45) is 17.3 Å². The van der Waals surface area contributed by atoms with E-state index in [1.165, 1.54) is 12.0 Å². The van der Waals surface area contributed by atoms with Crippen molar-refractivity contribution in [2.75, 3.05) is 13.1 Å². The second kappa shape index (κ2) is 10.4. The van der Waals surface area contributed by atoms with Gasteiger partial charge in [0, 0.05) is 6.42 Å². The predicted molar refractivity (Wildman–Crippen MR) is 107 cm³/mol. The van der Waals surface area contributed by atoms with Crippen LogP contribution in [0.3, 0.4) is 0 Å². The largest absolute Gasteiger partial charge is 0.317 e. The zero-order valence-corrected chi connectivity index (χ0v) is 15.8. The van der Waals surface area contributed by atoms with Gasteiger partial charge in [-0.3, -0.25) is 0 Å². The van der Waals surface area contributed by atoms with Crippen molar-refractivity contribution in [1.29, 1.82) is 0 Å². The molecule has 0 aromatic heterocycles. The Bertz CT molecular complexity index is 561. The maximum Gasteiger partial charge on any atom is 0.120 e. The summed E-state index contributed by atoms with van der Waals surface area (Å²) in [6, 6.07) is 10.7. The maximum absolute atomic E-state index is 11.1. The minimum absolute atomic E-state index is 0.126. The lowest BCUT2D eigenvalue weighted by Crippen LogP contribution is -2.35. The molecule has 0 heterocycles. The van der Waals surface area contributed by atoms with E-state index in [1.807, 2.05) is 0 Å². The summed E-state index contributed by atoms with van der Waals surface area (Å²) in [6.45, 7) is 6.69. The summed E-state index contributed by atoms with van der Waals surface area (Å²) in [4.78, 5) is 11.1. The summed E-state index contributed by atoms with van der Waals surface area (Å²) in [6.07, 6.45) is 15.1. The quantitative estimate of drug-likeness (QED) is 0.456. The number of aldehydes is 1. The third-order valence-corrected chi connectivity index (χ3v) is 5.60. The highest BCUT2D eigenvalue weighted by molar-refractivity contribution is 5.51. The molecule has 0 aliphatic heterocycles. The zero-order chi connectivity index (χ0) is 18.0. The van der Waals surface area contributed by atoms with Crippen LogP contribution in [0.25, 0.3) is 0 Å². The molecule has 2 heteroatoms. The minimum atomic E-state index is 0.126. The Balaban J connectivity index is 1.72. The maximum atomic E-state index is 11.1. The lowest BCUT2D eigenvalue weighted by atomic mass is 9.62. The molecule has 0 bridgehead atoms. The van der Waals surface area contributed by atoms with E-state index < -0.39 is 0 Å². The Labute approximate surface area is 153 Å². The Morgan fingerprint density at radius 1 is 1.12 bits per heavy atom. The first-order valence-corrected chi connectivity index (χ1v) is 9.73. The molecule has 0 radical (unpaired) electrons. The number of hydrogen-bond donors (Lipinski definition) is 1. The highest BCUT2D eigenvalue weighted by Crippen LogP contribution is 2.45. The second-order valence-corrected chi connectivity index (χ2v) is 7.46. The molecule has 2 rings (SSSR count). The smallest absolute Gasteiger partial charge is 0.120 e. The van der Waals surface area contributed by atoms with Gasteiger partial charge in [0.05, 0.1) is 0 Å². The third kappa shape index (κ3) is 5.67. The lowest BCUT2D eigenvalue weighted by Gasteiger charge is -2.42. The Morgan fingerprint density at radius 2 is 1.88 bits per heavy atom. The first kappa shape index (κ1) is 19.7. The van der Waals surface area contributed by atoms with Gasteiger partial charge in [0.15, 0.2) is 0 Å². The van der Waals surface area contributed by atoms with Crippen LogP contribution in [0.15, 0.2) is 54.6 Å². The molecule has 0 saturated carbocycles. The molecular weight excluding hydrogens is 306 g/mol. The van der Waals surface area contributed by atoms with Crippen molar-refractivity contribution in [1.82, 2.24) is 5.32 Å². The van der Waals surface area contributed by atoms with Gasteiger partial charge >= 0.3 is 0 Å². The number of nitrogens with one attached hydrogen (secondary N) is 1. The number of allylic oxidation sites excluding steroid dienone is 4. The average molecular weight is 340 g/mol. The number of carbonyl (C=O) groups excluding carboxylic acids is 1. The van der Waals surface area contributed by atoms with Crippen LogP contribution in [-0.4, -0.2) is 19.4 Å². The van der Waals surface area contributed by atoms with Gasteiger partial charge in [-0.25, -0.2) is 0 Å². The van der Waals surface area contributed by atoms with Gasteiger partial charge < -0.3 is 10.1 Å². The zero-order valence-electron chi connectivity index (χ0n) is 15.8. The molecule has 1 aromatic rings. The second-order valence-electron chi connectivity index (χ2n) is 7.46. The average Bonchev–Trinajstić information content (AvgIpc) is 2.63. The van der Waals surface area contributed by atoms with Crippen molar-refractivity contribution in [2.45, 2.75) is 46.0 Å². The fourth-order valence-corrected chi connectivity index (χ4v) is 4.02. The first-order chi connectivity index (χ1) is 12.2. The van der Waals surface area contributed by atoms with Crippen LogP contribution >= 0.6 is 0 Å². The highest BCUT2D eigenvalue weighted by atomic mass is 16.1. The summed E-state index contributed by atoms with van der Waals surface area (Å²) in [7, 11) is 0. The van der Waals surface area contributed by atoms with Crippen molar-refractivity contribution < 1.29 is 4.79 Å². The molecule has 1 aromatic carbocycles. The molecule has 2 nitrogen and oxygen atoms in total. The predicted octanol–water partition coefficient (Wildman–Crippen LogP) is 4.96. The van der Waals surface area contributed by atoms with Gasteiger partial charge in [0.25, 0.3) is 0 Å². The molecule has 0 fully saturated rings. The number of carbonyl (C=O) groups is 1. The molecular formula is C23H33NO. The van der Waals surface area contributed by atoms with E-state index in [1.54, 1.807) is 0 Å². The van der Waals surface area contributed by atoms with Crippen LogP contribution in [0.1, 0.15) is 45.1 Å². The number of rotatable bonds is 11. The van der Waals surface area contributed by atoms with Crippen molar-refractivity contribution in [3.05, 3.63) is 60.2 Å². The van der Waals surface area contributed by atoms with Crippen molar-refractivity contribution >= 4 is 6.29 Å². The van der Waals surface area contributed by atoms with Crippen LogP contribution in [0.4, 0.5) is 0 Å². The molecule has 2 atom stereocenters. The van der Waals surface area contributed by atoms with Gasteiger partial charge in [-0.15, -0.1) is 0 Å². The molecule has 136 valence electrons. The summed E-state index contributed by atoms with van der Waals surface area (Å²) in [5.74, 6) is 0.879. The van der Waals surface area contributed by atoms with E-state index in [2.05, 4.69) is 73.8 Å². The van der Waals surface area contributed by atoms with Crippen LogP contribution in [0.5, 0.6) is 0 Å². The van der Waals surface area contributed by atoms with Gasteiger partial charge in [0.2, 0.25) is 0 Å². The van der Waals surface area contributed by atoms with E-state index in [4.69, 9.17) is 0 Å². The van der Waals surface area contributed by atoms with E-state index in [0.29, 0.717) is 18.3 Å². The molecule has 25 heavy (non-hydrogen) atoms. The van der Waals surface area contributed by atoms with E-state index in [9.17, 15) is 4.79 Å². The third-order valence-electron chi connectivity index (χ3n) is 5.60. The number of benzene rings is 1. The molecule has 0 spiro atoms. The van der Waals surface area contributed by atoms with Crippen LogP contribution in [-0.2, 0) is 11.2 Å². The fraction of sp³-hybridized carbons (Fsp3) is 0.522. The number of hydrogen-bond acceptors (Lipinski definition) is 2.